The maximum atomic E-state index is 13.2. The molecule has 3 aromatic rings. The first kappa shape index (κ1) is 26.5. The molecule has 0 radical (unpaired) electrons. The summed E-state index contributed by atoms with van der Waals surface area (Å²) in [5.41, 5.74) is 3.19. The highest BCUT2D eigenvalue weighted by Gasteiger charge is 2.23. The fourth-order valence-electron chi connectivity index (χ4n) is 3.64. The lowest BCUT2D eigenvalue weighted by molar-refractivity contribution is -0.117. The van der Waals surface area contributed by atoms with Gasteiger partial charge in [-0.3, -0.25) is 9.59 Å². The van der Waals surface area contributed by atoms with Crippen molar-refractivity contribution in [2.45, 2.75) is 59.3 Å². The van der Waals surface area contributed by atoms with E-state index < -0.39 is 0 Å². The first-order valence-corrected chi connectivity index (χ1v) is 12.5. The number of nitrogens with one attached hydrogen (secondary N) is 1. The number of aryl methyl sites for hydroxylation is 1. The van der Waals surface area contributed by atoms with Crippen LogP contribution in [0.4, 0.5) is 5.82 Å². The number of anilines is 1. The predicted octanol–water partition coefficient (Wildman–Crippen LogP) is 6.27. The molecule has 7 heteroatoms. The van der Waals surface area contributed by atoms with Crippen molar-refractivity contribution in [2.24, 2.45) is 0 Å². The Morgan fingerprint density at radius 3 is 2.26 bits per heavy atom. The van der Waals surface area contributed by atoms with Gasteiger partial charge in [-0.1, -0.05) is 64.8 Å². The molecule has 0 fully saturated rings. The number of carbonyl (C=O) groups is 2. The number of nitrogens with zero attached hydrogens (tertiary/aromatic N) is 3. The minimum Gasteiger partial charge on any atom is -0.329 e. The second-order valence-electron chi connectivity index (χ2n) is 9.73. The van der Waals surface area contributed by atoms with Gasteiger partial charge in [-0.25, -0.2) is 4.68 Å². The third kappa shape index (κ3) is 6.95. The molecule has 0 saturated carbocycles. The van der Waals surface area contributed by atoms with Gasteiger partial charge in [0.05, 0.1) is 11.4 Å². The minimum atomic E-state index is -0.268. The largest absolute Gasteiger partial charge is 0.329 e. The monoisotopic (exact) mass is 494 g/mol. The number of halogens is 1. The maximum Gasteiger partial charge on any atom is 0.254 e. The van der Waals surface area contributed by atoms with E-state index in [9.17, 15) is 9.59 Å². The predicted molar refractivity (Wildman–Crippen MR) is 143 cm³/mol. The molecule has 35 heavy (non-hydrogen) atoms. The van der Waals surface area contributed by atoms with Gasteiger partial charge >= 0.3 is 0 Å². The SMILES string of the molecule is CCCCN(CC(=O)Nc1cc(C(C)(C)C)nn1-c1ccc(Cl)cc1)C(=O)c1ccc(CC)cc1. The van der Waals surface area contributed by atoms with E-state index in [-0.39, 0.29) is 23.8 Å². The maximum absolute atomic E-state index is 13.2. The lowest BCUT2D eigenvalue weighted by Gasteiger charge is -2.22. The molecule has 186 valence electrons. The van der Waals surface area contributed by atoms with E-state index in [0.717, 1.165) is 30.6 Å². The van der Waals surface area contributed by atoms with Crippen molar-refractivity contribution in [1.82, 2.24) is 14.7 Å². The van der Waals surface area contributed by atoms with E-state index in [1.807, 2.05) is 42.5 Å². The molecule has 2 aromatic carbocycles. The van der Waals surface area contributed by atoms with Crippen molar-refractivity contribution < 1.29 is 9.59 Å². The van der Waals surface area contributed by atoms with Crippen molar-refractivity contribution >= 4 is 29.2 Å². The second-order valence-corrected chi connectivity index (χ2v) is 10.2. The molecule has 0 aliphatic carbocycles. The number of amides is 2. The summed E-state index contributed by atoms with van der Waals surface area (Å²) in [7, 11) is 0. The van der Waals surface area contributed by atoms with Gasteiger partial charge in [0.1, 0.15) is 12.4 Å². The first-order chi connectivity index (χ1) is 16.6. The molecule has 0 atom stereocenters. The van der Waals surface area contributed by atoms with E-state index >= 15 is 0 Å². The lowest BCUT2D eigenvalue weighted by atomic mass is 9.92. The zero-order valence-electron chi connectivity index (χ0n) is 21.3. The van der Waals surface area contributed by atoms with E-state index in [4.69, 9.17) is 16.7 Å². The molecule has 0 aliphatic heterocycles. The minimum absolute atomic E-state index is 0.0367. The van der Waals surface area contributed by atoms with Crippen LogP contribution in [0.5, 0.6) is 0 Å². The van der Waals surface area contributed by atoms with E-state index in [1.54, 1.807) is 21.7 Å². The molecule has 1 aromatic heterocycles. The number of hydrogen-bond acceptors (Lipinski definition) is 3. The van der Waals surface area contributed by atoms with E-state index in [0.29, 0.717) is 22.9 Å². The molecule has 0 unspecified atom stereocenters. The molecule has 6 nitrogen and oxygen atoms in total. The van der Waals surface area contributed by atoms with Gasteiger partial charge in [0.15, 0.2) is 0 Å². The highest BCUT2D eigenvalue weighted by atomic mass is 35.5. The third-order valence-electron chi connectivity index (χ3n) is 5.83. The molecular formula is C28H35ClN4O2. The van der Waals surface area contributed by atoms with Gasteiger partial charge in [0.25, 0.3) is 5.91 Å². The summed E-state index contributed by atoms with van der Waals surface area (Å²) in [4.78, 5) is 28.0. The quantitative estimate of drug-likeness (QED) is 0.381. The average molecular weight is 495 g/mol. The molecule has 0 spiro atoms. The molecule has 0 bridgehead atoms. The second kappa shape index (κ2) is 11.5. The molecule has 1 N–H and O–H groups in total. The molecule has 1 heterocycles. The fraction of sp³-hybridized carbons (Fsp3) is 0.393. The Kier molecular flexibility index (Phi) is 8.73. The molecule has 2 amide bonds. The van der Waals surface area contributed by atoms with Crippen LogP contribution in [-0.2, 0) is 16.6 Å². The third-order valence-corrected chi connectivity index (χ3v) is 6.08. The zero-order chi connectivity index (χ0) is 25.6. The Morgan fingerprint density at radius 1 is 1.03 bits per heavy atom. The summed E-state index contributed by atoms with van der Waals surface area (Å²) in [6, 6.07) is 16.8. The molecule has 0 saturated heterocycles. The summed E-state index contributed by atoms with van der Waals surface area (Å²) >= 11 is 6.06. The molecular weight excluding hydrogens is 460 g/mol. The Morgan fingerprint density at radius 2 is 1.69 bits per heavy atom. The normalized spacial score (nSPS) is 11.4. The van der Waals surface area contributed by atoms with Crippen LogP contribution < -0.4 is 5.32 Å². The summed E-state index contributed by atoms with van der Waals surface area (Å²) in [6.07, 6.45) is 2.66. The van der Waals surface area contributed by atoms with Crippen LogP contribution in [0, 0.1) is 0 Å². The van der Waals surface area contributed by atoms with Gasteiger partial charge in [-0.05, 0) is 54.8 Å². The molecule has 0 aliphatic rings. The van der Waals surface area contributed by atoms with Crippen molar-refractivity contribution in [1.29, 1.82) is 0 Å². The van der Waals surface area contributed by atoms with Crippen molar-refractivity contribution in [3.63, 3.8) is 0 Å². The topological polar surface area (TPSA) is 67.2 Å². The van der Waals surface area contributed by atoms with E-state index in [1.165, 1.54) is 5.56 Å². The van der Waals surface area contributed by atoms with Crippen LogP contribution in [0.15, 0.2) is 54.6 Å². The number of rotatable bonds is 9. The van der Waals surface area contributed by atoms with Crippen molar-refractivity contribution in [3.8, 4) is 5.69 Å². The number of benzene rings is 2. The Bertz CT molecular complexity index is 1150. The van der Waals surface area contributed by atoms with Crippen LogP contribution in [-0.4, -0.2) is 39.6 Å². The lowest BCUT2D eigenvalue weighted by Crippen LogP contribution is -2.39. The fourth-order valence-corrected chi connectivity index (χ4v) is 3.76. The van der Waals surface area contributed by atoms with Crippen LogP contribution in [0.3, 0.4) is 0 Å². The summed E-state index contributed by atoms with van der Waals surface area (Å²) in [5, 5.41) is 8.35. The average Bonchev–Trinajstić information content (AvgIpc) is 3.26. The van der Waals surface area contributed by atoms with Crippen LogP contribution >= 0.6 is 11.6 Å². The number of unbranched alkanes of at least 4 members (excludes halogenated alkanes) is 1. The van der Waals surface area contributed by atoms with Crippen LogP contribution in [0.2, 0.25) is 5.02 Å². The smallest absolute Gasteiger partial charge is 0.254 e. The Labute approximate surface area is 213 Å². The summed E-state index contributed by atoms with van der Waals surface area (Å²) in [5.74, 6) is 0.144. The van der Waals surface area contributed by atoms with E-state index in [2.05, 4.69) is 39.9 Å². The van der Waals surface area contributed by atoms with Crippen LogP contribution in [0.25, 0.3) is 5.69 Å². The number of hydrogen-bond donors (Lipinski definition) is 1. The standard InChI is InChI=1S/C28H35ClN4O2/c1-6-8-17-32(27(35)21-11-9-20(7-2)10-12-21)19-26(34)30-25-18-24(28(3,4)5)31-33(25)23-15-13-22(29)14-16-23/h9-16,18H,6-8,17,19H2,1-5H3,(H,30,34). The van der Waals surface area contributed by atoms with Gasteiger partial charge < -0.3 is 10.2 Å². The highest BCUT2D eigenvalue weighted by Crippen LogP contribution is 2.27. The number of aromatic nitrogens is 2. The van der Waals surface area contributed by atoms with Gasteiger partial charge in [-0.15, -0.1) is 0 Å². The van der Waals surface area contributed by atoms with Gasteiger partial charge in [0.2, 0.25) is 5.91 Å². The highest BCUT2D eigenvalue weighted by molar-refractivity contribution is 6.30. The first-order valence-electron chi connectivity index (χ1n) is 12.2. The summed E-state index contributed by atoms with van der Waals surface area (Å²) in [6.45, 7) is 10.8. The molecule has 3 rings (SSSR count). The Balaban J connectivity index is 1.83. The van der Waals surface area contributed by atoms with Crippen molar-refractivity contribution in [3.05, 3.63) is 76.4 Å². The van der Waals surface area contributed by atoms with Gasteiger partial charge in [0, 0.05) is 28.6 Å². The Hall–Kier alpha value is -3.12. The summed E-state index contributed by atoms with van der Waals surface area (Å²) < 4.78 is 1.70. The number of carbonyl (C=O) groups excluding carboxylic acids is 2. The zero-order valence-corrected chi connectivity index (χ0v) is 22.0. The van der Waals surface area contributed by atoms with Crippen LogP contribution in [0.1, 0.15) is 69.1 Å². The van der Waals surface area contributed by atoms with Crippen molar-refractivity contribution in [2.75, 3.05) is 18.4 Å². The van der Waals surface area contributed by atoms with Gasteiger partial charge in [-0.2, -0.15) is 5.10 Å².